The maximum absolute atomic E-state index is 12.7. The Morgan fingerprint density at radius 1 is 1.03 bits per heavy atom. The maximum atomic E-state index is 12.7. The second-order valence-corrected chi connectivity index (χ2v) is 7.15. The summed E-state index contributed by atoms with van der Waals surface area (Å²) in [6.45, 7) is 0.464. The molecule has 6 heteroatoms. The molecular weight excluding hydrogens is 378 g/mol. The number of nitrogens with zero attached hydrogens (tertiary/aromatic N) is 2. The molecule has 4 aromatic rings. The lowest BCUT2D eigenvalue weighted by Gasteiger charge is -2.14. The highest BCUT2D eigenvalue weighted by Gasteiger charge is 2.18. The molecule has 0 aliphatic heterocycles. The van der Waals surface area contributed by atoms with Gasteiger partial charge in [-0.15, -0.1) is 0 Å². The molecule has 1 amide bonds. The first kappa shape index (κ1) is 19.7. The molecule has 0 aliphatic rings. The fraction of sp³-hybridized carbons (Fsp3) is 0.167. The fourth-order valence-corrected chi connectivity index (χ4v) is 3.45. The van der Waals surface area contributed by atoms with Crippen LogP contribution < -0.4 is 14.6 Å². The van der Waals surface area contributed by atoms with Crippen molar-refractivity contribution in [1.82, 2.24) is 4.57 Å². The Bertz CT molecular complexity index is 1150. The minimum Gasteiger partial charge on any atom is -0.490 e. The quantitative estimate of drug-likeness (QED) is 0.467. The minimum absolute atomic E-state index is 0.0752. The summed E-state index contributed by atoms with van der Waals surface area (Å²) in [5, 5.41) is 13.4. The molecule has 0 aliphatic carbocycles. The Labute approximate surface area is 175 Å². The van der Waals surface area contributed by atoms with Crippen molar-refractivity contribution >= 4 is 22.6 Å². The third-order valence-corrected chi connectivity index (χ3v) is 4.89. The predicted octanol–water partition coefficient (Wildman–Crippen LogP) is 3.16. The van der Waals surface area contributed by atoms with Gasteiger partial charge >= 0.3 is 0 Å². The number of aryl methyl sites for hydroxylation is 1. The van der Waals surface area contributed by atoms with Gasteiger partial charge in [0, 0.05) is 5.69 Å². The van der Waals surface area contributed by atoms with E-state index < -0.39 is 6.10 Å². The van der Waals surface area contributed by atoms with Crippen molar-refractivity contribution in [2.24, 2.45) is 7.05 Å². The Balaban J connectivity index is 1.43. The Morgan fingerprint density at radius 3 is 2.57 bits per heavy atom. The van der Waals surface area contributed by atoms with Crippen LogP contribution in [0.2, 0.25) is 0 Å². The monoisotopic (exact) mass is 402 g/mol. The molecule has 152 valence electrons. The summed E-state index contributed by atoms with van der Waals surface area (Å²) >= 11 is 0. The number of aliphatic hydroxyl groups is 1. The third kappa shape index (κ3) is 4.34. The minimum atomic E-state index is -0.731. The van der Waals surface area contributed by atoms with Gasteiger partial charge in [0.15, 0.2) is 11.0 Å². The summed E-state index contributed by atoms with van der Waals surface area (Å²) in [4.78, 5) is 12.7. The number of para-hydroxylation sites is 4. The molecule has 6 nitrogen and oxygen atoms in total. The molecule has 1 unspecified atom stereocenters. The average molecular weight is 402 g/mol. The van der Waals surface area contributed by atoms with E-state index in [2.05, 4.69) is 5.32 Å². The van der Waals surface area contributed by atoms with Crippen molar-refractivity contribution in [2.75, 3.05) is 11.9 Å². The van der Waals surface area contributed by atoms with E-state index in [0.29, 0.717) is 23.5 Å². The average Bonchev–Trinajstić information content (AvgIpc) is 3.08. The van der Waals surface area contributed by atoms with Gasteiger partial charge in [-0.1, -0.05) is 42.5 Å². The third-order valence-electron chi connectivity index (χ3n) is 4.89. The summed E-state index contributed by atoms with van der Waals surface area (Å²) in [5.74, 6) is 0.183. The number of ether oxygens (including phenoxy) is 1. The number of rotatable bonds is 7. The number of hydrogen-bond acceptors (Lipinski definition) is 3. The molecule has 1 atom stereocenters. The van der Waals surface area contributed by atoms with E-state index in [1.165, 1.54) is 0 Å². The molecule has 2 N–H and O–H groups in total. The standard InChI is InChI=1S/C24H23N3O3/c1-26-17-27(22-13-7-6-12-21(22)26)15-19(28)16-30-23-14-8-5-11-20(23)24(29)25-18-9-3-2-4-10-18/h2-14,17,19,28H,15-16H2,1H3/p+1. The molecule has 1 aromatic heterocycles. The molecule has 0 saturated carbocycles. The molecule has 1 heterocycles. The summed E-state index contributed by atoms with van der Waals surface area (Å²) in [7, 11) is 1.98. The summed E-state index contributed by atoms with van der Waals surface area (Å²) < 4.78 is 9.84. The van der Waals surface area contributed by atoms with Crippen LogP contribution >= 0.6 is 0 Å². The van der Waals surface area contributed by atoms with Gasteiger partial charge in [0.2, 0.25) is 6.33 Å². The lowest BCUT2D eigenvalue weighted by Crippen LogP contribution is -2.27. The molecule has 0 radical (unpaired) electrons. The second-order valence-electron chi connectivity index (χ2n) is 7.15. The first-order valence-corrected chi connectivity index (χ1v) is 9.81. The molecular formula is C24H24N3O3+. The lowest BCUT2D eigenvalue weighted by molar-refractivity contribution is -0.645. The number of hydrogen-bond donors (Lipinski definition) is 2. The van der Waals surface area contributed by atoms with Crippen molar-refractivity contribution in [3.05, 3.63) is 90.8 Å². The Kier molecular flexibility index (Phi) is 5.77. The molecule has 0 bridgehead atoms. The number of benzene rings is 3. The summed E-state index contributed by atoms with van der Waals surface area (Å²) in [5.41, 5.74) is 3.27. The lowest BCUT2D eigenvalue weighted by atomic mass is 10.2. The van der Waals surface area contributed by atoms with Crippen molar-refractivity contribution in [3.8, 4) is 5.75 Å². The first-order valence-electron chi connectivity index (χ1n) is 9.81. The number of aromatic nitrogens is 2. The number of anilines is 1. The van der Waals surface area contributed by atoms with Crippen molar-refractivity contribution in [2.45, 2.75) is 12.6 Å². The molecule has 3 aromatic carbocycles. The summed E-state index contributed by atoms with van der Waals surface area (Å²) in [6, 6.07) is 24.3. The normalized spacial score (nSPS) is 11.9. The molecule has 4 rings (SSSR count). The topological polar surface area (TPSA) is 67.4 Å². The van der Waals surface area contributed by atoms with E-state index in [1.807, 2.05) is 77.1 Å². The van der Waals surface area contributed by atoms with Crippen LogP contribution in [0, 0.1) is 0 Å². The fourth-order valence-electron chi connectivity index (χ4n) is 3.45. The van der Waals surface area contributed by atoms with E-state index in [9.17, 15) is 9.90 Å². The van der Waals surface area contributed by atoms with Gasteiger partial charge in [-0.25, -0.2) is 9.13 Å². The van der Waals surface area contributed by atoms with Gasteiger partial charge in [-0.05, 0) is 36.4 Å². The van der Waals surface area contributed by atoms with E-state index in [4.69, 9.17) is 4.74 Å². The van der Waals surface area contributed by atoms with E-state index in [-0.39, 0.29) is 12.5 Å². The highest BCUT2D eigenvalue weighted by atomic mass is 16.5. The predicted molar refractivity (Wildman–Crippen MR) is 115 cm³/mol. The zero-order valence-corrected chi connectivity index (χ0v) is 16.7. The number of nitrogens with one attached hydrogen (secondary N) is 1. The SMILES string of the molecule is C[n+]1cn(CC(O)COc2ccccc2C(=O)Nc2ccccc2)c2ccccc21. The number of imidazole rings is 1. The number of aliphatic hydroxyl groups excluding tert-OH is 1. The molecule has 0 saturated heterocycles. The van der Waals surface area contributed by atoms with Crippen LogP contribution in [0.5, 0.6) is 5.75 Å². The van der Waals surface area contributed by atoms with Crippen LogP contribution in [-0.4, -0.2) is 28.3 Å². The number of amides is 1. The van der Waals surface area contributed by atoms with Crippen LogP contribution in [0.15, 0.2) is 85.2 Å². The van der Waals surface area contributed by atoms with Gasteiger partial charge in [0.1, 0.15) is 25.0 Å². The van der Waals surface area contributed by atoms with Crippen molar-refractivity contribution in [1.29, 1.82) is 0 Å². The van der Waals surface area contributed by atoms with E-state index >= 15 is 0 Å². The Hall–Kier alpha value is -3.64. The van der Waals surface area contributed by atoms with Crippen LogP contribution in [0.3, 0.4) is 0 Å². The zero-order chi connectivity index (χ0) is 20.9. The van der Waals surface area contributed by atoms with Crippen molar-refractivity contribution in [3.63, 3.8) is 0 Å². The van der Waals surface area contributed by atoms with Gasteiger partial charge in [-0.3, -0.25) is 4.79 Å². The molecule has 30 heavy (non-hydrogen) atoms. The van der Waals surface area contributed by atoms with Gasteiger partial charge in [0.05, 0.1) is 12.6 Å². The van der Waals surface area contributed by atoms with E-state index in [1.54, 1.807) is 24.3 Å². The number of carbonyl (C=O) groups is 1. The van der Waals surface area contributed by atoms with Gasteiger partial charge < -0.3 is 15.2 Å². The molecule has 0 fully saturated rings. The van der Waals surface area contributed by atoms with E-state index in [0.717, 1.165) is 11.0 Å². The second kappa shape index (κ2) is 8.80. The highest BCUT2D eigenvalue weighted by Crippen LogP contribution is 2.20. The van der Waals surface area contributed by atoms with Crippen LogP contribution in [0.25, 0.3) is 11.0 Å². The zero-order valence-electron chi connectivity index (χ0n) is 16.7. The highest BCUT2D eigenvalue weighted by molar-refractivity contribution is 6.06. The van der Waals surface area contributed by atoms with Crippen molar-refractivity contribution < 1.29 is 19.2 Å². The van der Waals surface area contributed by atoms with Crippen LogP contribution in [0.1, 0.15) is 10.4 Å². The summed E-state index contributed by atoms with van der Waals surface area (Å²) in [6.07, 6.45) is 1.22. The molecule has 0 spiro atoms. The largest absolute Gasteiger partial charge is 0.490 e. The smallest absolute Gasteiger partial charge is 0.259 e. The number of carbonyl (C=O) groups excluding carboxylic acids is 1. The maximum Gasteiger partial charge on any atom is 0.259 e. The first-order chi connectivity index (χ1) is 14.6. The van der Waals surface area contributed by atoms with Gasteiger partial charge in [-0.2, -0.15) is 0 Å². The Morgan fingerprint density at radius 2 is 1.73 bits per heavy atom. The van der Waals surface area contributed by atoms with Gasteiger partial charge in [0.25, 0.3) is 5.91 Å². The van der Waals surface area contributed by atoms with Crippen LogP contribution in [-0.2, 0) is 13.6 Å². The number of fused-ring (bicyclic) bond motifs is 1. The van der Waals surface area contributed by atoms with Crippen LogP contribution in [0.4, 0.5) is 5.69 Å².